The van der Waals surface area contributed by atoms with Crippen LogP contribution in [0.1, 0.15) is 13.8 Å². The molecule has 0 bridgehead atoms. The van der Waals surface area contributed by atoms with Crippen molar-refractivity contribution in [1.82, 2.24) is 4.90 Å². The Morgan fingerprint density at radius 3 is 2.20 bits per heavy atom. The van der Waals surface area contributed by atoms with Crippen molar-refractivity contribution in [3.05, 3.63) is 0 Å². The van der Waals surface area contributed by atoms with Crippen molar-refractivity contribution in [3.8, 4) is 0 Å². The second kappa shape index (κ2) is 4.61. The zero-order valence-corrected chi connectivity index (χ0v) is 9.40. The molecule has 1 fully saturated rings. The Hall–Kier alpha value is -1.10. The van der Waals surface area contributed by atoms with Gasteiger partial charge in [0.05, 0.1) is 19.1 Å². The predicted molar refractivity (Wildman–Crippen MR) is 54.9 cm³/mol. The van der Waals surface area contributed by atoms with Crippen LogP contribution in [0.25, 0.3) is 0 Å². The van der Waals surface area contributed by atoms with Crippen molar-refractivity contribution in [1.29, 1.82) is 0 Å². The normalized spacial score (nSPS) is 18.4. The van der Waals surface area contributed by atoms with Gasteiger partial charge in [-0.1, -0.05) is 13.8 Å². The summed E-state index contributed by atoms with van der Waals surface area (Å²) in [6.07, 6.45) is 0. The van der Waals surface area contributed by atoms with E-state index in [4.69, 9.17) is 10.5 Å². The maximum Gasteiger partial charge on any atom is 0.240 e. The highest BCUT2D eigenvalue weighted by Gasteiger charge is 2.35. The number of hydrogen-bond donors (Lipinski definition) is 1. The second-order valence-corrected chi connectivity index (χ2v) is 4.27. The summed E-state index contributed by atoms with van der Waals surface area (Å²) in [5.41, 5.74) is 5.27. The molecule has 0 saturated carbocycles. The van der Waals surface area contributed by atoms with E-state index in [2.05, 4.69) is 0 Å². The van der Waals surface area contributed by atoms with Gasteiger partial charge in [0.15, 0.2) is 0 Å². The number of nitrogens with zero attached hydrogens (tertiary/aromatic N) is 1. The molecule has 0 unspecified atom stereocenters. The van der Waals surface area contributed by atoms with Gasteiger partial charge in [-0.25, -0.2) is 0 Å². The van der Waals surface area contributed by atoms with Gasteiger partial charge in [-0.3, -0.25) is 9.59 Å². The molecule has 0 aromatic rings. The van der Waals surface area contributed by atoms with Gasteiger partial charge in [0.2, 0.25) is 11.8 Å². The molecule has 1 rings (SSSR count). The van der Waals surface area contributed by atoms with Gasteiger partial charge in [0.25, 0.3) is 0 Å². The van der Waals surface area contributed by atoms with E-state index in [9.17, 15) is 9.59 Å². The van der Waals surface area contributed by atoms with Crippen molar-refractivity contribution >= 4 is 11.8 Å². The van der Waals surface area contributed by atoms with E-state index < -0.39 is 11.9 Å². The van der Waals surface area contributed by atoms with E-state index in [-0.39, 0.29) is 17.7 Å². The van der Waals surface area contributed by atoms with E-state index in [1.165, 1.54) is 4.90 Å². The molecule has 86 valence electrons. The third-order valence-electron chi connectivity index (χ3n) is 2.68. The minimum atomic E-state index is -0.530. The Balaban J connectivity index is 2.66. The SMILES string of the molecule is CC(C)[C@@H](C(N)=O)N(C)C(=O)C1COC1. The number of carbonyl (C=O) groups excluding carboxylic acids is 2. The smallest absolute Gasteiger partial charge is 0.240 e. The van der Waals surface area contributed by atoms with E-state index in [0.717, 1.165) is 0 Å². The predicted octanol–water partition coefficient (Wildman–Crippen LogP) is -0.399. The summed E-state index contributed by atoms with van der Waals surface area (Å²) in [4.78, 5) is 24.5. The summed E-state index contributed by atoms with van der Waals surface area (Å²) < 4.78 is 4.94. The zero-order chi connectivity index (χ0) is 11.6. The number of rotatable bonds is 4. The summed E-state index contributed by atoms with van der Waals surface area (Å²) in [5, 5.41) is 0. The van der Waals surface area contributed by atoms with Crippen LogP contribution in [0.3, 0.4) is 0 Å². The number of nitrogens with two attached hydrogens (primary N) is 1. The summed E-state index contributed by atoms with van der Waals surface area (Å²) in [6, 6.07) is -0.530. The standard InChI is InChI=1S/C10H18N2O3/c1-6(2)8(9(11)13)12(3)10(14)7-4-15-5-7/h6-8H,4-5H2,1-3H3,(H2,11,13)/t8-/m0/s1. The van der Waals surface area contributed by atoms with Gasteiger partial charge < -0.3 is 15.4 Å². The number of primary amides is 1. The molecule has 1 heterocycles. The lowest BCUT2D eigenvalue weighted by Gasteiger charge is -2.34. The monoisotopic (exact) mass is 214 g/mol. The molecule has 15 heavy (non-hydrogen) atoms. The van der Waals surface area contributed by atoms with Crippen LogP contribution in [0.15, 0.2) is 0 Å². The molecule has 0 aromatic heterocycles. The Kier molecular flexibility index (Phi) is 3.68. The highest BCUT2D eigenvalue weighted by molar-refractivity contribution is 5.88. The maximum absolute atomic E-state index is 11.8. The number of amides is 2. The van der Waals surface area contributed by atoms with Crippen molar-refractivity contribution in [2.75, 3.05) is 20.3 Å². The van der Waals surface area contributed by atoms with Crippen LogP contribution < -0.4 is 5.73 Å². The molecule has 1 atom stereocenters. The molecular formula is C10H18N2O3. The van der Waals surface area contributed by atoms with Gasteiger partial charge in [0.1, 0.15) is 6.04 Å². The van der Waals surface area contributed by atoms with E-state index >= 15 is 0 Å². The molecule has 0 aromatic carbocycles. The first kappa shape index (κ1) is 12.0. The molecule has 0 aliphatic carbocycles. The van der Waals surface area contributed by atoms with Crippen molar-refractivity contribution in [2.45, 2.75) is 19.9 Å². The topological polar surface area (TPSA) is 72.6 Å². The van der Waals surface area contributed by atoms with Crippen LogP contribution in [0.4, 0.5) is 0 Å². The minimum Gasteiger partial charge on any atom is -0.380 e. The van der Waals surface area contributed by atoms with E-state index in [1.54, 1.807) is 7.05 Å². The van der Waals surface area contributed by atoms with Crippen LogP contribution in [0, 0.1) is 11.8 Å². The molecule has 5 nitrogen and oxygen atoms in total. The summed E-state index contributed by atoms with van der Waals surface area (Å²) >= 11 is 0. The van der Waals surface area contributed by atoms with Crippen molar-refractivity contribution < 1.29 is 14.3 Å². The van der Waals surface area contributed by atoms with Gasteiger partial charge in [0, 0.05) is 7.05 Å². The molecule has 5 heteroatoms. The van der Waals surface area contributed by atoms with Crippen LogP contribution in [0.5, 0.6) is 0 Å². The molecular weight excluding hydrogens is 196 g/mol. The maximum atomic E-state index is 11.8. The first-order valence-electron chi connectivity index (χ1n) is 5.09. The molecule has 1 aliphatic heterocycles. The Morgan fingerprint density at radius 2 is 1.93 bits per heavy atom. The number of ether oxygens (including phenoxy) is 1. The van der Waals surface area contributed by atoms with Gasteiger partial charge >= 0.3 is 0 Å². The van der Waals surface area contributed by atoms with E-state index in [0.29, 0.717) is 13.2 Å². The fourth-order valence-electron chi connectivity index (χ4n) is 1.77. The summed E-state index contributed by atoms with van der Waals surface area (Å²) in [5.74, 6) is -0.590. The number of hydrogen-bond acceptors (Lipinski definition) is 3. The second-order valence-electron chi connectivity index (χ2n) is 4.27. The van der Waals surface area contributed by atoms with Crippen LogP contribution in [-0.4, -0.2) is 43.0 Å². The molecule has 2 N–H and O–H groups in total. The van der Waals surface area contributed by atoms with Crippen molar-refractivity contribution in [2.24, 2.45) is 17.6 Å². The molecule has 2 amide bonds. The molecule has 0 radical (unpaired) electrons. The van der Waals surface area contributed by atoms with Gasteiger partial charge in [-0.2, -0.15) is 0 Å². The minimum absolute atomic E-state index is 0.0254. The fourth-order valence-corrected chi connectivity index (χ4v) is 1.77. The molecule has 0 spiro atoms. The Labute approximate surface area is 89.6 Å². The van der Waals surface area contributed by atoms with E-state index in [1.807, 2.05) is 13.8 Å². The van der Waals surface area contributed by atoms with Gasteiger partial charge in [-0.15, -0.1) is 0 Å². The highest BCUT2D eigenvalue weighted by Crippen LogP contribution is 2.17. The highest BCUT2D eigenvalue weighted by atomic mass is 16.5. The third-order valence-corrected chi connectivity index (χ3v) is 2.68. The number of likely N-dealkylation sites (N-methyl/N-ethyl adjacent to an activating group) is 1. The number of carbonyl (C=O) groups is 2. The van der Waals surface area contributed by atoms with Crippen molar-refractivity contribution in [3.63, 3.8) is 0 Å². The quantitative estimate of drug-likeness (QED) is 0.692. The Bertz CT molecular complexity index is 261. The average molecular weight is 214 g/mol. The van der Waals surface area contributed by atoms with Gasteiger partial charge in [-0.05, 0) is 5.92 Å². The summed E-state index contributed by atoms with van der Waals surface area (Å²) in [7, 11) is 1.62. The average Bonchev–Trinajstić information content (AvgIpc) is 1.98. The lowest BCUT2D eigenvalue weighted by atomic mass is 9.99. The third kappa shape index (κ3) is 2.47. The Morgan fingerprint density at radius 1 is 1.40 bits per heavy atom. The fraction of sp³-hybridized carbons (Fsp3) is 0.800. The first-order chi connectivity index (χ1) is 6.95. The van der Waals surface area contributed by atoms with Crippen LogP contribution in [0.2, 0.25) is 0 Å². The molecule has 1 aliphatic rings. The largest absolute Gasteiger partial charge is 0.380 e. The van der Waals surface area contributed by atoms with Crippen LogP contribution in [-0.2, 0) is 14.3 Å². The lowest BCUT2D eigenvalue weighted by Crippen LogP contribution is -2.53. The zero-order valence-electron chi connectivity index (χ0n) is 9.40. The molecule has 1 saturated heterocycles. The first-order valence-corrected chi connectivity index (χ1v) is 5.09. The lowest BCUT2D eigenvalue weighted by molar-refractivity contribution is -0.154. The van der Waals surface area contributed by atoms with Crippen LogP contribution >= 0.6 is 0 Å². The summed E-state index contributed by atoms with van der Waals surface area (Å²) in [6.45, 7) is 4.65.